The lowest BCUT2D eigenvalue weighted by Crippen LogP contribution is -2.27. The first-order valence-corrected chi connectivity index (χ1v) is 9.03. The Bertz CT molecular complexity index is 909. The maximum Gasteiger partial charge on any atom is 0.293 e. The van der Waals surface area contributed by atoms with Gasteiger partial charge in [-0.2, -0.15) is 0 Å². The number of methoxy groups -OCH3 is 1. The third-order valence-corrected chi connectivity index (χ3v) is 5.37. The fourth-order valence-electron chi connectivity index (χ4n) is 2.43. The molecule has 1 aliphatic heterocycles. The van der Waals surface area contributed by atoms with Gasteiger partial charge >= 0.3 is 0 Å². The van der Waals surface area contributed by atoms with E-state index in [-0.39, 0.29) is 17.2 Å². The van der Waals surface area contributed by atoms with Crippen LogP contribution in [-0.4, -0.2) is 28.3 Å². The Labute approximate surface area is 164 Å². The number of carbonyl (C=O) groups excluding carboxylic acids is 2. The van der Waals surface area contributed by atoms with Gasteiger partial charge in [-0.05, 0) is 47.7 Å². The zero-order valence-corrected chi connectivity index (χ0v) is 15.9. The molecule has 134 valence electrons. The molecule has 5 nitrogen and oxygen atoms in total. The van der Waals surface area contributed by atoms with Crippen LogP contribution in [0.5, 0.6) is 11.5 Å². The van der Waals surface area contributed by atoms with Crippen LogP contribution in [0.3, 0.4) is 0 Å². The molecule has 0 unspecified atom stereocenters. The number of thioether (sulfide) groups is 1. The Morgan fingerprint density at radius 3 is 2.50 bits per heavy atom. The van der Waals surface area contributed by atoms with Crippen LogP contribution in [-0.2, 0) is 11.3 Å². The number of phenolic OH excluding ortho intramolecular Hbond substituents is 1. The predicted molar refractivity (Wildman–Crippen MR) is 103 cm³/mol. The molecular weight excluding hydrogens is 397 g/mol. The van der Waals surface area contributed by atoms with E-state index in [1.54, 1.807) is 30.3 Å². The summed E-state index contributed by atoms with van der Waals surface area (Å²) in [6.07, 6.45) is 1.54. The van der Waals surface area contributed by atoms with Gasteiger partial charge in [0.05, 0.1) is 18.6 Å². The SMILES string of the molecule is COc1ccc(/C=C2/SC(=O)N(Cc3c(Cl)cccc3Cl)C2=O)cc1O. The second kappa shape index (κ2) is 7.61. The molecule has 0 bridgehead atoms. The van der Waals surface area contributed by atoms with E-state index in [0.717, 1.165) is 16.7 Å². The predicted octanol–water partition coefficient (Wildman–Crippen LogP) is 4.94. The highest BCUT2D eigenvalue weighted by Gasteiger charge is 2.35. The number of rotatable bonds is 4. The van der Waals surface area contributed by atoms with Gasteiger partial charge in [0.25, 0.3) is 11.1 Å². The first-order chi connectivity index (χ1) is 12.4. The summed E-state index contributed by atoms with van der Waals surface area (Å²) in [5, 5.41) is 10.2. The third-order valence-electron chi connectivity index (χ3n) is 3.75. The average molecular weight is 410 g/mol. The number of benzene rings is 2. The zero-order valence-electron chi connectivity index (χ0n) is 13.5. The molecular formula is C18H13Cl2NO4S. The van der Waals surface area contributed by atoms with Crippen molar-refractivity contribution in [3.8, 4) is 11.5 Å². The Balaban J connectivity index is 1.86. The van der Waals surface area contributed by atoms with E-state index >= 15 is 0 Å². The number of amides is 2. The monoisotopic (exact) mass is 409 g/mol. The minimum Gasteiger partial charge on any atom is -0.504 e. The number of hydrogen-bond acceptors (Lipinski definition) is 5. The number of nitrogens with zero attached hydrogens (tertiary/aromatic N) is 1. The number of halogens is 2. The van der Waals surface area contributed by atoms with Crippen molar-refractivity contribution in [2.75, 3.05) is 7.11 Å². The van der Waals surface area contributed by atoms with Crippen molar-refractivity contribution in [3.05, 3.63) is 62.5 Å². The van der Waals surface area contributed by atoms with Crippen molar-refractivity contribution in [2.24, 2.45) is 0 Å². The van der Waals surface area contributed by atoms with Crippen LogP contribution in [0.25, 0.3) is 6.08 Å². The van der Waals surface area contributed by atoms with Gasteiger partial charge in [0, 0.05) is 15.6 Å². The number of phenols is 1. The molecule has 0 atom stereocenters. The summed E-state index contributed by atoms with van der Waals surface area (Å²) in [5.74, 6) is -0.168. The van der Waals surface area contributed by atoms with Gasteiger partial charge in [0.2, 0.25) is 0 Å². The van der Waals surface area contributed by atoms with Crippen LogP contribution in [0.15, 0.2) is 41.3 Å². The van der Waals surface area contributed by atoms with Gasteiger partial charge in [-0.25, -0.2) is 0 Å². The minimum absolute atomic E-state index is 0.00558. The van der Waals surface area contributed by atoms with Crippen LogP contribution < -0.4 is 4.74 Å². The fraction of sp³-hybridized carbons (Fsp3) is 0.111. The second-order valence-electron chi connectivity index (χ2n) is 5.40. The van der Waals surface area contributed by atoms with Crippen molar-refractivity contribution in [1.29, 1.82) is 0 Å². The van der Waals surface area contributed by atoms with Crippen LogP contribution in [0, 0.1) is 0 Å². The highest BCUT2D eigenvalue weighted by atomic mass is 35.5. The molecule has 0 aromatic heterocycles. The summed E-state index contributed by atoms with van der Waals surface area (Å²) in [7, 11) is 1.44. The topological polar surface area (TPSA) is 66.8 Å². The molecule has 1 aliphatic rings. The summed E-state index contributed by atoms with van der Waals surface area (Å²) in [6, 6.07) is 9.71. The van der Waals surface area contributed by atoms with Gasteiger partial charge in [-0.15, -0.1) is 0 Å². The number of carbonyl (C=O) groups is 2. The lowest BCUT2D eigenvalue weighted by Gasteiger charge is -2.14. The Morgan fingerprint density at radius 1 is 1.19 bits per heavy atom. The molecule has 1 N–H and O–H groups in total. The molecule has 2 aromatic rings. The summed E-state index contributed by atoms with van der Waals surface area (Å²) < 4.78 is 4.98. The summed E-state index contributed by atoms with van der Waals surface area (Å²) >= 11 is 13.1. The van der Waals surface area contributed by atoms with E-state index in [1.165, 1.54) is 19.3 Å². The highest BCUT2D eigenvalue weighted by molar-refractivity contribution is 8.18. The van der Waals surface area contributed by atoms with Crippen LogP contribution in [0.2, 0.25) is 10.0 Å². The van der Waals surface area contributed by atoms with Crippen LogP contribution in [0.4, 0.5) is 4.79 Å². The molecule has 1 saturated heterocycles. The number of imide groups is 1. The summed E-state index contributed by atoms with van der Waals surface area (Å²) in [6.45, 7) is -0.00558. The Kier molecular flexibility index (Phi) is 5.46. The van der Waals surface area contributed by atoms with E-state index in [0.29, 0.717) is 26.9 Å². The molecule has 8 heteroatoms. The quantitative estimate of drug-likeness (QED) is 0.723. The Hall–Kier alpha value is -2.15. The third kappa shape index (κ3) is 3.67. The van der Waals surface area contributed by atoms with E-state index in [1.807, 2.05) is 0 Å². The Morgan fingerprint density at radius 2 is 1.88 bits per heavy atom. The van der Waals surface area contributed by atoms with Gasteiger partial charge in [-0.3, -0.25) is 14.5 Å². The van der Waals surface area contributed by atoms with Crippen molar-refractivity contribution < 1.29 is 19.4 Å². The van der Waals surface area contributed by atoms with E-state index in [2.05, 4.69) is 0 Å². The number of hydrogen-bond donors (Lipinski definition) is 1. The number of aromatic hydroxyl groups is 1. The largest absolute Gasteiger partial charge is 0.504 e. The number of ether oxygens (including phenoxy) is 1. The molecule has 0 spiro atoms. The average Bonchev–Trinajstić information content (AvgIpc) is 2.85. The van der Waals surface area contributed by atoms with Crippen molar-refractivity contribution >= 4 is 52.2 Å². The van der Waals surface area contributed by atoms with Crippen molar-refractivity contribution in [1.82, 2.24) is 4.90 Å². The molecule has 3 rings (SSSR count). The van der Waals surface area contributed by atoms with Gasteiger partial charge < -0.3 is 9.84 Å². The maximum absolute atomic E-state index is 12.6. The lowest BCUT2D eigenvalue weighted by atomic mass is 10.1. The van der Waals surface area contributed by atoms with Gasteiger partial charge in [-0.1, -0.05) is 35.3 Å². The maximum atomic E-state index is 12.6. The highest BCUT2D eigenvalue weighted by Crippen LogP contribution is 2.36. The summed E-state index contributed by atoms with van der Waals surface area (Å²) in [5.41, 5.74) is 1.09. The van der Waals surface area contributed by atoms with Gasteiger partial charge in [0.15, 0.2) is 11.5 Å². The molecule has 26 heavy (non-hydrogen) atoms. The second-order valence-corrected chi connectivity index (χ2v) is 7.21. The van der Waals surface area contributed by atoms with E-state index in [4.69, 9.17) is 27.9 Å². The van der Waals surface area contributed by atoms with Crippen molar-refractivity contribution in [3.63, 3.8) is 0 Å². The molecule has 0 radical (unpaired) electrons. The standard InChI is InChI=1S/C18H13Cl2NO4S/c1-25-15-6-5-10(7-14(15)22)8-16-17(23)21(18(24)26-16)9-11-12(19)3-2-4-13(11)20/h2-8,22H,9H2,1H3/b16-8+. The van der Waals surface area contributed by atoms with E-state index < -0.39 is 11.1 Å². The van der Waals surface area contributed by atoms with E-state index in [9.17, 15) is 14.7 Å². The lowest BCUT2D eigenvalue weighted by molar-refractivity contribution is -0.123. The van der Waals surface area contributed by atoms with Crippen LogP contribution >= 0.6 is 35.0 Å². The minimum atomic E-state index is -0.439. The molecule has 1 heterocycles. The van der Waals surface area contributed by atoms with Crippen LogP contribution in [0.1, 0.15) is 11.1 Å². The molecule has 2 amide bonds. The molecule has 2 aromatic carbocycles. The summed E-state index contributed by atoms with van der Waals surface area (Å²) in [4.78, 5) is 26.2. The zero-order chi connectivity index (χ0) is 18.8. The normalized spacial score (nSPS) is 15.8. The van der Waals surface area contributed by atoms with Crippen molar-refractivity contribution in [2.45, 2.75) is 6.54 Å². The molecule has 1 fully saturated rings. The molecule has 0 saturated carbocycles. The molecule has 0 aliphatic carbocycles. The first-order valence-electron chi connectivity index (χ1n) is 7.46. The first kappa shape index (κ1) is 18.6. The fourth-order valence-corrected chi connectivity index (χ4v) is 3.78. The van der Waals surface area contributed by atoms with Gasteiger partial charge in [0.1, 0.15) is 0 Å². The smallest absolute Gasteiger partial charge is 0.293 e.